The van der Waals surface area contributed by atoms with E-state index in [1.54, 1.807) is 0 Å². The smallest absolute Gasteiger partial charge is 0.303 e. The van der Waals surface area contributed by atoms with E-state index in [1.165, 1.54) is 0 Å². The molecule has 5 heteroatoms. The quantitative estimate of drug-likeness (QED) is 0.710. The van der Waals surface area contributed by atoms with Crippen LogP contribution in [0.5, 0.6) is 0 Å². The Balaban J connectivity index is 2.25. The van der Waals surface area contributed by atoms with Crippen LogP contribution in [0.15, 0.2) is 0 Å². The lowest BCUT2D eigenvalue weighted by molar-refractivity contribution is -0.138. The Hall–Kier alpha value is -1.10. The van der Waals surface area contributed by atoms with Gasteiger partial charge in [0, 0.05) is 19.5 Å². The fourth-order valence-electron chi connectivity index (χ4n) is 1.98. The van der Waals surface area contributed by atoms with E-state index in [4.69, 9.17) is 5.11 Å². The Morgan fingerprint density at radius 3 is 2.50 bits per heavy atom. The highest BCUT2D eigenvalue weighted by Crippen LogP contribution is 2.20. The molecule has 1 heterocycles. The van der Waals surface area contributed by atoms with E-state index in [2.05, 4.69) is 5.32 Å². The SMILES string of the molecule is CCNCC(=O)N1CCC(CC(=O)O)CC1. The Bertz CT molecular complexity index is 248. The summed E-state index contributed by atoms with van der Waals surface area (Å²) in [5.41, 5.74) is 0. The van der Waals surface area contributed by atoms with Crippen LogP contribution in [0.25, 0.3) is 0 Å². The topological polar surface area (TPSA) is 69.6 Å². The average molecular weight is 228 g/mol. The van der Waals surface area contributed by atoms with Gasteiger partial charge in [0.2, 0.25) is 5.91 Å². The van der Waals surface area contributed by atoms with Crippen LogP contribution in [-0.4, -0.2) is 48.1 Å². The molecule has 0 aromatic heterocycles. The largest absolute Gasteiger partial charge is 0.481 e. The molecule has 1 saturated heterocycles. The summed E-state index contributed by atoms with van der Waals surface area (Å²) in [5.74, 6) is -0.381. The van der Waals surface area contributed by atoms with Gasteiger partial charge in [0.15, 0.2) is 0 Å². The molecule has 1 amide bonds. The molecule has 0 aliphatic carbocycles. The van der Waals surface area contributed by atoms with Crippen LogP contribution in [0, 0.1) is 5.92 Å². The first-order valence-corrected chi connectivity index (χ1v) is 5.83. The van der Waals surface area contributed by atoms with Gasteiger partial charge in [-0.2, -0.15) is 0 Å². The lowest BCUT2D eigenvalue weighted by Crippen LogP contribution is -2.43. The van der Waals surface area contributed by atoms with Crippen molar-refractivity contribution in [3.63, 3.8) is 0 Å². The fourth-order valence-corrected chi connectivity index (χ4v) is 1.98. The molecule has 0 radical (unpaired) electrons. The zero-order chi connectivity index (χ0) is 12.0. The highest BCUT2D eigenvalue weighted by Gasteiger charge is 2.23. The molecular formula is C11H20N2O3. The van der Waals surface area contributed by atoms with Crippen molar-refractivity contribution in [2.75, 3.05) is 26.2 Å². The van der Waals surface area contributed by atoms with Gasteiger partial charge in [-0.05, 0) is 25.3 Å². The Morgan fingerprint density at radius 1 is 1.38 bits per heavy atom. The number of carbonyl (C=O) groups is 2. The van der Waals surface area contributed by atoms with Crippen LogP contribution in [0.2, 0.25) is 0 Å². The molecule has 0 spiro atoms. The van der Waals surface area contributed by atoms with Crippen molar-refractivity contribution < 1.29 is 14.7 Å². The highest BCUT2D eigenvalue weighted by atomic mass is 16.4. The molecule has 2 N–H and O–H groups in total. The normalized spacial score (nSPS) is 17.4. The number of piperidine rings is 1. The molecule has 0 aromatic rings. The number of nitrogens with one attached hydrogen (secondary N) is 1. The van der Waals surface area contributed by atoms with Crippen molar-refractivity contribution in [2.24, 2.45) is 5.92 Å². The summed E-state index contributed by atoms with van der Waals surface area (Å²) in [5, 5.41) is 11.7. The van der Waals surface area contributed by atoms with Gasteiger partial charge in [0.1, 0.15) is 0 Å². The van der Waals surface area contributed by atoms with Gasteiger partial charge in [-0.25, -0.2) is 0 Å². The van der Waals surface area contributed by atoms with Crippen LogP contribution < -0.4 is 5.32 Å². The van der Waals surface area contributed by atoms with E-state index < -0.39 is 5.97 Å². The maximum Gasteiger partial charge on any atom is 0.303 e. The second-order valence-corrected chi connectivity index (χ2v) is 4.20. The van der Waals surface area contributed by atoms with Crippen molar-refractivity contribution >= 4 is 11.9 Å². The standard InChI is InChI=1S/C11H20N2O3/c1-2-12-8-10(14)13-5-3-9(4-6-13)7-11(15)16/h9,12H,2-8H2,1H3,(H,15,16). The van der Waals surface area contributed by atoms with Crippen LogP contribution in [0.4, 0.5) is 0 Å². The number of likely N-dealkylation sites (N-methyl/N-ethyl adjacent to an activating group) is 1. The van der Waals surface area contributed by atoms with Gasteiger partial charge in [-0.15, -0.1) is 0 Å². The summed E-state index contributed by atoms with van der Waals surface area (Å²) in [4.78, 5) is 24.0. The maximum absolute atomic E-state index is 11.6. The number of hydrogen-bond acceptors (Lipinski definition) is 3. The summed E-state index contributed by atoms with van der Waals surface area (Å²) in [6.07, 6.45) is 1.85. The molecule has 0 atom stereocenters. The van der Waals surface area contributed by atoms with E-state index >= 15 is 0 Å². The fraction of sp³-hybridized carbons (Fsp3) is 0.818. The van der Waals surface area contributed by atoms with Crippen LogP contribution in [0.1, 0.15) is 26.2 Å². The minimum atomic E-state index is -0.738. The predicted molar refractivity (Wildman–Crippen MR) is 60.1 cm³/mol. The van der Waals surface area contributed by atoms with Gasteiger partial charge in [0.25, 0.3) is 0 Å². The lowest BCUT2D eigenvalue weighted by Gasteiger charge is -2.31. The molecule has 1 aliphatic rings. The number of amides is 1. The number of carbonyl (C=O) groups excluding carboxylic acids is 1. The molecule has 5 nitrogen and oxygen atoms in total. The van der Waals surface area contributed by atoms with Crippen LogP contribution in [-0.2, 0) is 9.59 Å². The zero-order valence-electron chi connectivity index (χ0n) is 9.74. The highest BCUT2D eigenvalue weighted by molar-refractivity contribution is 5.78. The monoisotopic (exact) mass is 228 g/mol. The van der Waals surface area contributed by atoms with E-state index in [0.29, 0.717) is 19.6 Å². The van der Waals surface area contributed by atoms with Gasteiger partial charge >= 0.3 is 5.97 Å². The number of aliphatic carboxylic acids is 1. The van der Waals surface area contributed by atoms with Crippen molar-refractivity contribution in [1.29, 1.82) is 0 Å². The van der Waals surface area contributed by atoms with E-state index in [-0.39, 0.29) is 18.2 Å². The first-order valence-electron chi connectivity index (χ1n) is 5.83. The molecule has 1 rings (SSSR count). The molecule has 92 valence electrons. The van der Waals surface area contributed by atoms with Crippen molar-refractivity contribution in [1.82, 2.24) is 10.2 Å². The summed E-state index contributed by atoms with van der Waals surface area (Å²) in [6, 6.07) is 0. The Labute approximate surface area is 95.8 Å². The van der Waals surface area contributed by atoms with Gasteiger partial charge in [-0.3, -0.25) is 9.59 Å². The second-order valence-electron chi connectivity index (χ2n) is 4.20. The first kappa shape index (κ1) is 13.0. The summed E-state index contributed by atoms with van der Waals surface area (Å²) >= 11 is 0. The van der Waals surface area contributed by atoms with E-state index in [0.717, 1.165) is 19.4 Å². The summed E-state index contributed by atoms with van der Waals surface area (Å²) in [6.45, 7) is 4.54. The molecule has 0 unspecified atom stereocenters. The predicted octanol–water partition coefficient (Wildman–Crippen LogP) is 0.309. The number of rotatable bonds is 5. The molecular weight excluding hydrogens is 208 g/mol. The molecule has 0 saturated carbocycles. The van der Waals surface area contributed by atoms with E-state index in [9.17, 15) is 9.59 Å². The number of hydrogen-bond donors (Lipinski definition) is 2. The molecule has 1 fully saturated rings. The zero-order valence-corrected chi connectivity index (χ0v) is 9.74. The molecule has 1 aliphatic heterocycles. The first-order chi connectivity index (χ1) is 7.63. The van der Waals surface area contributed by atoms with Crippen LogP contribution in [0.3, 0.4) is 0 Å². The number of likely N-dealkylation sites (tertiary alicyclic amines) is 1. The third-order valence-electron chi connectivity index (χ3n) is 2.96. The minimum absolute atomic E-state index is 0.121. The third kappa shape index (κ3) is 4.18. The maximum atomic E-state index is 11.6. The Kier molecular flexibility index (Phi) is 5.25. The number of carboxylic acids is 1. The minimum Gasteiger partial charge on any atom is -0.481 e. The lowest BCUT2D eigenvalue weighted by atomic mass is 9.93. The summed E-state index contributed by atoms with van der Waals surface area (Å²) < 4.78 is 0. The average Bonchev–Trinajstić information content (AvgIpc) is 2.26. The van der Waals surface area contributed by atoms with Crippen molar-refractivity contribution in [3.8, 4) is 0 Å². The van der Waals surface area contributed by atoms with E-state index in [1.807, 2.05) is 11.8 Å². The number of carboxylic acid groups (broad SMARTS) is 1. The Morgan fingerprint density at radius 2 is 2.00 bits per heavy atom. The van der Waals surface area contributed by atoms with Gasteiger partial charge < -0.3 is 15.3 Å². The van der Waals surface area contributed by atoms with Crippen molar-refractivity contribution in [2.45, 2.75) is 26.2 Å². The number of nitrogens with zero attached hydrogens (tertiary/aromatic N) is 1. The van der Waals surface area contributed by atoms with Crippen molar-refractivity contribution in [3.05, 3.63) is 0 Å². The molecule has 0 bridgehead atoms. The summed E-state index contributed by atoms with van der Waals surface area (Å²) in [7, 11) is 0. The van der Waals surface area contributed by atoms with Crippen LogP contribution >= 0.6 is 0 Å². The second kappa shape index (κ2) is 6.48. The van der Waals surface area contributed by atoms with Gasteiger partial charge in [0.05, 0.1) is 6.54 Å². The van der Waals surface area contributed by atoms with Gasteiger partial charge in [-0.1, -0.05) is 6.92 Å². The molecule has 16 heavy (non-hydrogen) atoms. The molecule has 0 aromatic carbocycles. The third-order valence-corrected chi connectivity index (χ3v) is 2.96.